The number of hydrogen-bond acceptors (Lipinski definition) is 4. The smallest absolute Gasteiger partial charge is 0.252 e. The lowest BCUT2D eigenvalue weighted by atomic mass is 9.98. The molecule has 0 bridgehead atoms. The number of carbonyl (C=O) groups excluding carboxylic acids is 2. The van der Waals surface area contributed by atoms with Crippen molar-refractivity contribution in [3.63, 3.8) is 0 Å². The van der Waals surface area contributed by atoms with E-state index in [2.05, 4.69) is 23.3 Å². The highest BCUT2D eigenvalue weighted by Crippen LogP contribution is 2.26. The number of aryl methyl sites for hydroxylation is 1. The number of rotatable bonds is 6. The Morgan fingerprint density at radius 1 is 0.867 bits per heavy atom. The van der Waals surface area contributed by atoms with Gasteiger partial charge in [0.2, 0.25) is 0 Å². The van der Waals surface area contributed by atoms with Crippen LogP contribution in [0, 0.1) is 6.92 Å². The Morgan fingerprint density at radius 3 is 2.30 bits per heavy atom. The largest absolute Gasteiger partial charge is 0.346 e. The van der Waals surface area contributed by atoms with Gasteiger partial charge in [0.15, 0.2) is 5.78 Å². The number of amides is 1. The van der Waals surface area contributed by atoms with E-state index in [0.717, 1.165) is 21.8 Å². The summed E-state index contributed by atoms with van der Waals surface area (Å²) < 4.78 is 0. The highest BCUT2D eigenvalue weighted by Gasteiger charge is 2.18. The van der Waals surface area contributed by atoms with Crippen molar-refractivity contribution in [3.8, 4) is 10.6 Å². The first kappa shape index (κ1) is 19.7. The van der Waals surface area contributed by atoms with Gasteiger partial charge in [-0.2, -0.15) is 0 Å². The number of hydrogen-bond donors (Lipinski definition) is 1. The van der Waals surface area contributed by atoms with Crippen molar-refractivity contribution in [2.45, 2.75) is 13.5 Å². The number of ketones is 1. The van der Waals surface area contributed by atoms with Crippen LogP contribution in [0.3, 0.4) is 0 Å². The predicted octanol–water partition coefficient (Wildman–Crippen LogP) is 5.28. The van der Waals surface area contributed by atoms with Gasteiger partial charge < -0.3 is 5.32 Å². The molecule has 0 saturated heterocycles. The van der Waals surface area contributed by atoms with E-state index in [1.807, 2.05) is 41.8 Å². The summed E-state index contributed by atoms with van der Waals surface area (Å²) in [4.78, 5) is 30.3. The van der Waals surface area contributed by atoms with Crippen molar-refractivity contribution in [3.05, 3.63) is 112 Å². The molecule has 0 unspecified atom stereocenters. The number of carbonyl (C=O) groups is 2. The van der Waals surface area contributed by atoms with Crippen LogP contribution in [0.5, 0.6) is 0 Å². The molecule has 4 nitrogen and oxygen atoms in total. The molecule has 0 aliphatic rings. The number of nitrogens with zero attached hydrogens (tertiary/aromatic N) is 1. The number of thiazole rings is 1. The van der Waals surface area contributed by atoms with Crippen LogP contribution < -0.4 is 5.32 Å². The summed E-state index contributed by atoms with van der Waals surface area (Å²) in [5.74, 6) is -0.461. The van der Waals surface area contributed by atoms with Gasteiger partial charge in [0, 0.05) is 22.1 Å². The van der Waals surface area contributed by atoms with Gasteiger partial charge in [0.1, 0.15) is 5.01 Å². The fraction of sp³-hybridized carbons (Fsp3) is 0.0800. The average Bonchev–Trinajstić information content (AvgIpc) is 3.26. The summed E-state index contributed by atoms with van der Waals surface area (Å²) in [6, 6.07) is 23.9. The molecule has 5 heteroatoms. The van der Waals surface area contributed by atoms with E-state index in [1.54, 1.807) is 47.7 Å². The molecule has 0 spiro atoms. The molecule has 1 aromatic heterocycles. The van der Waals surface area contributed by atoms with Crippen molar-refractivity contribution in [2.75, 3.05) is 0 Å². The maximum Gasteiger partial charge on any atom is 0.252 e. The van der Waals surface area contributed by atoms with Gasteiger partial charge in [0.05, 0.1) is 17.8 Å². The first-order valence-electron chi connectivity index (χ1n) is 9.61. The summed E-state index contributed by atoms with van der Waals surface area (Å²) in [6.45, 7) is 2.36. The van der Waals surface area contributed by atoms with Gasteiger partial charge in [-0.05, 0) is 18.6 Å². The minimum atomic E-state index is -0.291. The normalized spacial score (nSPS) is 10.6. The molecule has 0 aliphatic heterocycles. The fourth-order valence-corrected chi connectivity index (χ4v) is 4.12. The molecule has 0 fully saturated rings. The summed E-state index contributed by atoms with van der Waals surface area (Å²) in [6.07, 6.45) is 0. The van der Waals surface area contributed by atoms with Crippen molar-refractivity contribution in [1.29, 1.82) is 0 Å². The van der Waals surface area contributed by atoms with E-state index in [1.165, 1.54) is 0 Å². The third-order valence-corrected chi connectivity index (χ3v) is 5.73. The number of benzene rings is 3. The number of aromatic nitrogens is 1. The summed E-state index contributed by atoms with van der Waals surface area (Å²) in [7, 11) is 0. The molecule has 4 rings (SSSR count). The van der Waals surface area contributed by atoms with Crippen LogP contribution in [-0.2, 0) is 6.54 Å². The molecule has 0 saturated carbocycles. The van der Waals surface area contributed by atoms with E-state index in [4.69, 9.17) is 0 Å². The Labute approximate surface area is 179 Å². The Kier molecular flexibility index (Phi) is 5.82. The second-order valence-electron chi connectivity index (χ2n) is 6.88. The molecular formula is C25H20N2O2S. The fourth-order valence-electron chi connectivity index (χ4n) is 3.21. The topological polar surface area (TPSA) is 59.1 Å². The van der Waals surface area contributed by atoms with Gasteiger partial charge in [-0.25, -0.2) is 4.98 Å². The monoisotopic (exact) mass is 412 g/mol. The van der Waals surface area contributed by atoms with Crippen LogP contribution in [-0.4, -0.2) is 16.7 Å². The molecule has 30 heavy (non-hydrogen) atoms. The van der Waals surface area contributed by atoms with Crippen LogP contribution in [0.25, 0.3) is 10.6 Å². The molecule has 0 atom stereocenters. The van der Waals surface area contributed by atoms with Crippen molar-refractivity contribution in [1.82, 2.24) is 10.3 Å². The molecular weight excluding hydrogens is 392 g/mol. The van der Waals surface area contributed by atoms with Gasteiger partial charge >= 0.3 is 0 Å². The van der Waals surface area contributed by atoms with Crippen molar-refractivity contribution < 1.29 is 9.59 Å². The van der Waals surface area contributed by atoms with Gasteiger partial charge in [-0.1, -0.05) is 72.8 Å². The summed E-state index contributed by atoms with van der Waals surface area (Å²) in [5.41, 5.74) is 4.36. The Hall–Kier alpha value is -3.57. The SMILES string of the molecule is Cc1ccccc1-c1nc(CNC(=O)c2ccccc2C(=O)c2ccccc2)cs1. The maximum absolute atomic E-state index is 12.8. The second kappa shape index (κ2) is 8.84. The summed E-state index contributed by atoms with van der Waals surface area (Å²) >= 11 is 1.55. The Bertz CT molecular complexity index is 1200. The van der Waals surface area contributed by atoms with Gasteiger partial charge in [0.25, 0.3) is 5.91 Å². The quantitative estimate of drug-likeness (QED) is 0.438. The van der Waals surface area contributed by atoms with Crippen LogP contribution >= 0.6 is 11.3 Å². The molecule has 0 radical (unpaired) electrons. The Balaban J connectivity index is 1.49. The van der Waals surface area contributed by atoms with Crippen LogP contribution in [0.1, 0.15) is 37.5 Å². The molecule has 4 aromatic rings. The standard InChI is InChI=1S/C25H20N2O2S/c1-17-9-5-6-12-20(17)25-27-19(16-30-25)15-26-24(29)22-14-8-7-13-21(22)23(28)18-10-3-2-4-11-18/h2-14,16H,15H2,1H3,(H,26,29). The van der Waals surface area contributed by atoms with E-state index < -0.39 is 0 Å². The minimum Gasteiger partial charge on any atom is -0.346 e. The van der Waals surface area contributed by atoms with Crippen LogP contribution in [0.2, 0.25) is 0 Å². The van der Waals surface area contributed by atoms with E-state index >= 15 is 0 Å². The second-order valence-corrected chi connectivity index (χ2v) is 7.74. The highest BCUT2D eigenvalue weighted by molar-refractivity contribution is 7.13. The lowest BCUT2D eigenvalue weighted by molar-refractivity contribution is 0.0939. The first-order valence-corrected chi connectivity index (χ1v) is 10.5. The van der Waals surface area contributed by atoms with E-state index in [-0.39, 0.29) is 11.7 Å². The zero-order valence-corrected chi connectivity index (χ0v) is 17.3. The first-order chi connectivity index (χ1) is 14.6. The predicted molar refractivity (Wildman–Crippen MR) is 120 cm³/mol. The summed E-state index contributed by atoms with van der Waals surface area (Å²) in [5, 5.41) is 5.77. The van der Waals surface area contributed by atoms with Gasteiger partial charge in [-0.15, -0.1) is 11.3 Å². The average molecular weight is 413 g/mol. The number of nitrogens with one attached hydrogen (secondary N) is 1. The van der Waals surface area contributed by atoms with E-state index in [0.29, 0.717) is 23.2 Å². The third kappa shape index (κ3) is 4.21. The van der Waals surface area contributed by atoms with Crippen LogP contribution in [0.15, 0.2) is 84.2 Å². The van der Waals surface area contributed by atoms with E-state index in [9.17, 15) is 9.59 Å². The Morgan fingerprint density at radius 2 is 1.53 bits per heavy atom. The molecule has 1 N–H and O–H groups in total. The molecule has 1 amide bonds. The van der Waals surface area contributed by atoms with Crippen LogP contribution in [0.4, 0.5) is 0 Å². The molecule has 3 aromatic carbocycles. The van der Waals surface area contributed by atoms with Gasteiger partial charge in [-0.3, -0.25) is 9.59 Å². The lowest BCUT2D eigenvalue weighted by Gasteiger charge is -2.09. The molecule has 148 valence electrons. The zero-order valence-electron chi connectivity index (χ0n) is 16.5. The zero-order chi connectivity index (χ0) is 20.9. The lowest BCUT2D eigenvalue weighted by Crippen LogP contribution is -2.25. The molecule has 0 aliphatic carbocycles. The molecule has 1 heterocycles. The third-order valence-electron chi connectivity index (χ3n) is 4.81. The van der Waals surface area contributed by atoms with Crippen molar-refractivity contribution in [2.24, 2.45) is 0 Å². The minimum absolute atomic E-state index is 0.170. The van der Waals surface area contributed by atoms with Crippen molar-refractivity contribution >= 4 is 23.0 Å². The highest BCUT2D eigenvalue weighted by atomic mass is 32.1. The maximum atomic E-state index is 12.8.